The predicted molar refractivity (Wildman–Crippen MR) is 114 cm³/mol. The summed E-state index contributed by atoms with van der Waals surface area (Å²) in [4.78, 5) is 14.5. The average Bonchev–Trinajstić information content (AvgIpc) is 3.25. The van der Waals surface area contributed by atoms with Crippen LogP contribution in [0.1, 0.15) is 29.8 Å². The molecular weight excluding hydrogens is 404 g/mol. The van der Waals surface area contributed by atoms with Crippen molar-refractivity contribution in [3.63, 3.8) is 0 Å². The highest BCUT2D eigenvalue weighted by Gasteiger charge is 2.38. The number of carbonyl (C=O) groups is 1. The quantitative estimate of drug-likeness (QED) is 0.653. The molecule has 2 aromatic carbocycles. The highest BCUT2D eigenvalue weighted by atomic mass is 35.5. The van der Waals surface area contributed by atoms with E-state index in [-0.39, 0.29) is 23.7 Å². The summed E-state index contributed by atoms with van der Waals surface area (Å²) in [5.74, 6) is 0.811. The van der Waals surface area contributed by atoms with Gasteiger partial charge in [0, 0.05) is 18.7 Å². The number of benzene rings is 2. The number of aliphatic hydroxyl groups excluding tert-OH is 1. The molecule has 1 aliphatic carbocycles. The van der Waals surface area contributed by atoms with E-state index in [9.17, 15) is 9.90 Å². The summed E-state index contributed by atoms with van der Waals surface area (Å²) in [6, 6.07) is 17.8. The van der Waals surface area contributed by atoms with E-state index in [1.807, 2.05) is 42.5 Å². The molecule has 7 heteroatoms. The summed E-state index contributed by atoms with van der Waals surface area (Å²) < 4.78 is 11.3. The fourth-order valence-electron chi connectivity index (χ4n) is 3.84. The third-order valence-corrected chi connectivity index (χ3v) is 5.81. The van der Waals surface area contributed by atoms with Crippen LogP contribution < -0.4 is 4.74 Å². The minimum atomic E-state index is -0.803. The zero-order chi connectivity index (χ0) is 21.1. The van der Waals surface area contributed by atoms with Crippen LogP contribution in [0.25, 0.3) is 11.3 Å². The second kappa shape index (κ2) is 8.90. The lowest BCUT2D eigenvalue weighted by atomic mass is 9.88. The molecule has 1 heterocycles. The number of carbonyl (C=O) groups excluding carboxylic acids is 1. The molecule has 3 atom stereocenters. The lowest BCUT2D eigenvalue weighted by molar-refractivity contribution is -0.0414. The molecule has 156 valence electrons. The molecule has 0 radical (unpaired) electrons. The van der Waals surface area contributed by atoms with Crippen molar-refractivity contribution < 1.29 is 19.2 Å². The van der Waals surface area contributed by atoms with Crippen molar-refractivity contribution in [3.8, 4) is 17.1 Å². The summed E-state index contributed by atoms with van der Waals surface area (Å²) in [6.07, 6.45) is 1.09. The van der Waals surface area contributed by atoms with Gasteiger partial charge in [-0.15, -0.1) is 0 Å². The Hall–Kier alpha value is -2.83. The number of amides is 1. The maximum absolute atomic E-state index is 13.0. The van der Waals surface area contributed by atoms with Crippen LogP contribution in [0.2, 0.25) is 5.02 Å². The lowest BCUT2D eigenvalue weighted by Gasteiger charge is -2.39. The van der Waals surface area contributed by atoms with Gasteiger partial charge in [0.2, 0.25) is 0 Å². The molecule has 30 heavy (non-hydrogen) atoms. The van der Waals surface area contributed by atoms with Gasteiger partial charge < -0.3 is 19.3 Å². The van der Waals surface area contributed by atoms with Crippen molar-refractivity contribution in [3.05, 3.63) is 71.4 Å². The number of para-hydroxylation sites is 1. The predicted octanol–water partition coefficient (Wildman–Crippen LogP) is 4.43. The molecule has 1 N–H and O–H groups in total. The molecule has 1 amide bonds. The summed E-state index contributed by atoms with van der Waals surface area (Å²) in [5.41, 5.74) is 0.841. The first-order valence-electron chi connectivity index (χ1n) is 9.93. The minimum Gasteiger partial charge on any atom is -0.488 e. The van der Waals surface area contributed by atoms with Gasteiger partial charge in [-0.05, 0) is 43.5 Å². The Balaban J connectivity index is 1.47. The van der Waals surface area contributed by atoms with E-state index < -0.39 is 6.10 Å². The molecule has 0 spiro atoms. The summed E-state index contributed by atoms with van der Waals surface area (Å²) >= 11 is 6.20. The molecule has 0 unspecified atom stereocenters. The van der Waals surface area contributed by atoms with Crippen LogP contribution in [0, 0.1) is 0 Å². The number of rotatable bonds is 5. The topological polar surface area (TPSA) is 75.8 Å². The fourth-order valence-corrected chi connectivity index (χ4v) is 4.07. The van der Waals surface area contributed by atoms with Crippen LogP contribution in [0.5, 0.6) is 5.75 Å². The number of aliphatic hydroxyl groups is 1. The summed E-state index contributed by atoms with van der Waals surface area (Å²) in [7, 11) is 1.67. The molecular formula is C23H23ClN2O4. The highest BCUT2D eigenvalue weighted by Crippen LogP contribution is 2.30. The van der Waals surface area contributed by atoms with Crippen LogP contribution in [-0.2, 0) is 0 Å². The summed E-state index contributed by atoms with van der Waals surface area (Å²) in [6.45, 7) is 0. The van der Waals surface area contributed by atoms with Crippen molar-refractivity contribution in [1.29, 1.82) is 0 Å². The maximum Gasteiger partial charge on any atom is 0.276 e. The van der Waals surface area contributed by atoms with Crippen molar-refractivity contribution in [2.24, 2.45) is 0 Å². The Bertz CT molecular complexity index is 1010. The first kappa shape index (κ1) is 20.4. The summed E-state index contributed by atoms with van der Waals surface area (Å²) in [5, 5.41) is 15.3. The number of hydrogen-bond acceptors (Lipinski definition) is 5. The number of halogens is 1. The lowest BCUT2D eigenvalue weighted by Crippen LogP contribution is -2.53. The van der Waals surface area contributed by atoms with Crippen molar-refractivity contribution in [1.82, 2.24) is 10.1 Å². The monoisotopic (exact) mass is 426 g/mol. The molecule has 0 aliphatic heterocycles. The van der Waals surface area contributed by atoms with Gasteiger partial charge in [0.15, 0.2) is 11.5 Å². The number of likely N-dealkylation sites (N-methyl/N-ethyl adjacent to an activating group) is 1. The highest BCUT2D eigenvalue weighted by molar-refractivity contribution is 6.33. The van der Waals surface area contributed by atoms with E-state index in [0.717, 1.165) is 12.8 Å². The molecule has 1 aliphatic rings. The van der Waals surface area contributed by atoms with Gasteiger partial charge in [-0.3, -0.25) is 4.79 Å². The van der Waals surface area contributed by atoms with E-state index in [1.165, 1.54) is 4.90 Å². The van der Waals surface area contributed by atoms with Gasteiger partial charge in [0.25, 0.3) is 5.91 Å². The average molecular weight is 427 g/mol. The molecule has 0 bridgehead atoms. The molecule has 1 saturated carbocycles. The molecule has 1 fully saturated rings. The third-order valence-electron chi connectivity index (χ3n) is 5.48. The normalized spacial score (nSPS) is 21.2. The van der Waals surface area contributed by atoms with Gasteiger partial charge in [0.05, 0.1) is 11.1 Å². The Kier molecular flexibility index (Phi) is 6.06. The maximum atomic E-state index is 13.0. The molecule has 4 rings (SSSR count). The first-order chi connectivity index (χ1) is 14.5. The Morgan fingerprint density at radius 1 is 1.17 bits per heavy atom. The molecule has 0 saturated heterocycles. The van der Waals surface area contributed by atoms with E-state index in [0.29, 0.717) is 28.5 Å². The van der Waals surface area contributed by atoms with Crippen LogP contribution in [-0.4, -0.2) is 46.4 Å². The molecule has 1 aromatic heterocycles. The molecule has 6 nitrogen and oxygen atoms in total. The second-order valence-electron chi connectivity index (χ2n) is 7.43. The second-order valence-corrected chi connectivity index (χ2v) is 7.84. The van der Waals surface area contributed by atoms with E-state index in [2.05, 4.69) is 5.16 Å². The van der Waals surface area contributed by atoms with Crippen LogP contribution in [0.3, 0.4) is 0 Å². The van der Waals surface area contributed by atoms with E-state index in [4.69, 9.17) is 20.9 Å². The zero-order valence-corrected chi connectivity index (χ0v) is 17.3. The standard InChI is InChI=1S/C23H23ClN2O4/c1-26(19-12-7-13-20(22(19)27)29-15-8-3-2-4-9-15)23(28)18-14-21(30-25-18)16-10-5-6-11-17(16)24/h2-6,8-11,14,19-20,22,27H,7,12-13H2,1H3/t19-,20-,22-/m1/s1. The minimum absolute atomic E-state index is 0.172. The van der Waals surface area contributed by atoms with Gasteiger partial charge in [-0.25, -0.2) is 0 Å². The van der Waals surface area contributed by atoms with E-state index in [1.54, 1.807) is 25.2 Å². The van der Waals surface area contributed by atoms with Crippen molar-refractivity contribution >= 4 is 17.5 Å². The number of nitrogens with zero attached hydrogens (tertiary/aromatic N) is 2. The number of hydrogen-bond donors (Lipinski definition) is 1. The van der Waals surface area contributed by atoms with Crippen LogP contribution in [0.15, 0.2) is 65.2 Å². The third kappa shape index (κ3) is 4.20. The Morgan fingerprint density at radius 3 is 2.67 bits per heavy atom. The molecule has 3 aromatic rings. The first-order valence-corrected chi connectivity index (χ1v) is 10.3. The van der Waals surface area contributed by atoms with E-state index >= 15 is 0 Å². The smallest absolute Gasteiger partial charge is 0.276 e. The van der Waals surface area contributed by atoms with Gasteiger partial charge in [0.1, 0.15) is 18.0 Å². The van der Waals surface area contributed by atoms with Gasteiger partial charge >= 0.3 is 0 Å². The SMILES string of the molecule is CN(C(=O)c1cc(-c2ccccc2Cl)on1)[C@@H]1CCC[C@@H](Oc2ccccc2)[C@@H]1O. The van der Waals surface area contributed by atoms with Gasteiger partial charge in [-0.1, -0.05) is 47.1 Å². The Morgan fingerprint density at radius 2 is 1.90 bits per heavy atom. The van der Waals surface area contributed by atoms with Crippen LogP contribution in [0.4, 0.5) is 0 Å². The number of ether oxygens (including phenoxy) is 1. The van der Waals surface area contributed by atoms with Crippen molar-refractivity contribution in [2.75, 3.05) is 7.05 Å². The van der Waals surface area contributed by atoms with Crippen molar-refractivity contribution in [2.45, 2.75) is 37.5 Å². The van der Waals surface area contributed by atoms with Crippen LogP contribution >= 0.6 is 11.6 Å². The largest absolute Gasteiger partial charge is 0.488 e. The Labute approximate surface area is 180 Å². The fraction of sp³-hybridized carbons (Fsp3) is 0.304. The van der Waals surface area contributed by atoms with Gasteiger partial charge in [-0.2, -0.15) is 0 Å². The number of aromatic nitrogens is 1. The zero-order valence-electron chi connectivity index (χ0n) is 16.6.